The van der Waals surface area contributed by atoms with Crippen LogP contribution in [0.3, 0.4) is 0 Å². The first-order chi connectivity index (χ1) is 8.74. The molecule has 5 heteroatoms. The first-order valence-corrected chi connectivity index (χ1v) is 8.79. The molecule has 2 saturated carbocycles. The summed E-state index contributed by atoms with van der Waals surface area (Å²) >= 11 is 0. The molecule has 0 amide bonds. The molecule has 2 fully saturated rings. The Hall–Kier alpha value is -0.180. The average molecular weight is 288 g/mol. The van der Waals surface area contributed by atoms with Gasteiger partial charge in [0.15, 0.2) is 5.78 Å². The number of carbonyl (C=O) groups is 1. The SMILES string of the molecule is CCOP(=O)(OCC)[C@H]1C(=O)[C@]2(C)CC[C@@H]1C2(C)C. The molecule has 0 saturated heterocycles. The molecule has 0 radical (unpaired) electrons. The lowest BCUT2D eigenvalue weighted by atomic mass is 9.70. The number of ketones is 1. The Balaban J connectivity index is 2.42. The van der Waals surface area contributed by atoms with Gasteiger partial charge in [-0.2, -0.15) is 0 Å². The second-order valence-electron chi connectivity index (χ2n) is 6.38. The number of carbonyl (C=O) groups excluding carboxylic acids is 1. The van der Waals surface area contributed by atoms with Crippen molar-refractivity contribution < 1.29 is 18.4 Å². The zero-order valence-electron chi connectivity index (χ0n) is 12.6. The molecule has 0 aliphatic heterocycles. The maximum Gasteiger partial charge on any atom is 0.341 e. The lowest BCUT2D eigenvalue weighted by Gasteiger charge is -2.32. The minimum absolute atomic E-state index is 0.0824. The number of fused-ring (bicyclic) bond motifs is 2. The average Bonchev–Trinajstić information content (AvgIpc) is 2.61. The van der Waals surface area contributed by atoms with Crippen LogP contribution in [-0.4, -0.2) is 24.7 Å². The van der Waals surface area contributed by atoms with E-state index in [2.05, 4.69) is 13.8 Å². The van der Waals surface area contributed by atoms with E-state index in [0.29, 0.717) is 13.2 Å². The molecule has 4 nitrogen and oxygen atoms in total. The summed E-state index contributed by atoms with van der Waals surface area (Å²) in [5.74, 6) is 0.188. The van der Waals surface area contributed by atoms with Gasteiger partial charge in [-0.25, -0.2) is 0 Å². The van der Waals surface area contributed by atoms with E-state index < -0.39 is 13.3 Å². The Morgan fingerprint density at radius 2 is 1.74 bits per heavy atom. The third kappa shape index (κ3) is 1.87. The van der Waals surface area contributed by atoms with Gasteiger partial charge in [0.2, 0.25) is 0 Å². The molecule has 0 aromatic rings. The molecule has 2 rings (SSSR count). The molecule has 0 N–H and O–H groups in total. The highest BCUT2D eigenvalue weighted by Crippen LogP contribution is 2.72. The molecule has 2 aliphatic rings. The molecule has 0 unspecified atom stereocenters. The summed E-state index contributed by atoms with van der Waals surface area (Å²) in [6.07, 6.45) is 1.82. The van der Waals surface area contributed by atoms with E-state index in [4.69, 9.17) is 9.05 Å². The summed E-state index contributed by atoms with van der Waals surface area (Å²) < 4.78 is 23.8. The van der Waals surface area contributed by atoms with Crippen LogP contribution < -0.4 is 0 Å². The molecule has 3 atom stereocenters. The van der Waals surface area contributed by atoms with E-state index in [1.54, 1.807) is 13.8 Å². The van der Waals surface area contributed by atoms with Gasteiger partial charge in [-0.15, -0.1) is 0 Å². The molecular formula is C14H25O4P. The Labute approximate surface area is 115 Å². The van der Waals surface area contributed by atoms with Gasteiger partial charge >= 0.3 is 7.60 Å². The van der Waals surface area contributed by atoms with Gasteiger partial charge in [-0.05, 0) is 38.0 Å². The summed E-state index contributed by atoms with van der Waals surface area (Å²) in [7, 11) is -3.34. The van der Waals surface area contributed by atoms with E-state index in [1.165, 1.54) is 0 Å². The predicted octanol–water partition coefficient (Wildman–Crippen LogP) is 3.65. The topological polar surface area (TPSA) is 52.6 Å². The van der Waals surface area contributed by atoms with Gasteiger partial charge in [0.1, 0.15) is 5.66 Å². The van der Waals surface area contributed by atoms with Gasteiger partial charge in [0.05, 0.1) is 13.2 Å². The highest BCUT2D eigenvalue weighted by molar-refractivity contribution is 7.55. The van der Waals surface area contributed by atoms with Crippen LogP contribution in [0.4, 0.5) is 0 Å². The number of rotatable bonds is 5. The fraction of sp³-hybridized carbons (Fsp3) is 0.929. The zero-order chi connectivity index (χ0) is 14.5. The van der Waals surface area contributed by atoms with E-state index in [9.17, 15) is 9.36 Å². The van der Waals surface area contributed by atoms with Crippen molar-refractivity contribution in [1.82, 2.24) is 0 Å². The summed E-state index contributed by atoms with van der Waals surface area (Å²) in [5, 5.41) is 0. The molecule has 0 aromatic carbocycles. The second-order valence-corrected chi connectivity index (χ2v) is 8.54. The van der Waals surface area contributed by atoms with E-state index in [1.807, 2.05) is 6.92 Å². The van der Waals surface area contributed by atoms with E-state index >= 15 is 0 Å². The minimum atomic E-state index is -3.34. The van der Waals surface area contributed by atoms with Crippen molar-refractivity contribution in [3.05, 3.63) is 0 Å². The maximum atomic E-state index is 13.0. The van der Waals surface area contributed by atoms with Crippen LogP contribution in [0.2, 0.25) is 0 Å². The van der Waals surface area contributed by atoms with Crippen LogP contribution in [0.5, 0.6) is 0 Å². The molecule has 0 heterocycles. The van der Waals surface area contributed by atoms with Crippen molar-refractivity contribution in [2.75, 3.05) is 13.2 Å². The summed E-state index contributed by atoms with van der Waals surface area (Å²) in [6.45, 7) is 10.4. The van der Waals surface area contributed by atoms with Crippen molar-refractivity contribution >= 4 is 13.4 Å². The van der Waals surface area contributed by atoms with Crippen LogP contribution in [0.1, 0.15) is 47.5 Å². The van der Waals surface area contributed by atoms with Gasteiger partial charge in [0, 0.05) is 5.41 Å². The Bertz CT molecular complexity index is 421. The van der Waals surface area contributed by atoms with Crippen molar-refractivity contribution in [3.63, 3.8) is 0 Å². The highest BCUT2D eigenvalue weighted by Gasteiger charge is 2.70. The standard InChI is InChI=1S/C14H25O4P/c1-6-17-19(16,18-7-2)11-10-8-9-14(5,12(11)15)13(10,3)4/h10-11H,6-9H2,1-5H3/t10-,11+,14-/m0/s1. The van der Waals surface area contributed by atoms with Gasteiger partial charge < -0.3 is 9.05 Å². The third-order valence-electron chi connectivity index (χ3n) is 5.46. The first kappa shape index (κ1) is 15.2. The molecule has 2 aliphatic carbocycles. The molecule has 0 spiro atoms. The molecular weight excluding hydrogens is 263 g/mol. The van der Waals surface area contributed by atoms with Crippen LogP contribution in [0, 0.1) is 16.7 Å². The number of hydrogen-bond donors (Lipinski definition) is 0. The van der Waals surface area contributed by atoms with Gasteiger partial charge in [0.25, 0.3) is 0 Å². The molecule has 19 heavy (non-hydrogen) atoms. The third-order valence-corrected chi connectivity index (χ3v) is 7.97. The quantitative estimate of drug-likeness (QED) is 0.725. The molecule has 110 valence electrons. The number of hydrogen-bond acceptors (Lipinski definition) is 4. The highest BCUT2D eigenvalue weighted by atomic mass is 31.2. The van der Waals surface area contributed by atoms with E-state index in [0.717, 1.165) is 12.8 Å². The normalized spacial score (nSPS) is 37.0. The smallest absolute Gasteiger partial charge is 0.308 e. The second kappa shape index (κ2) is 4.68. The van der Waals surface area contributed by atoms with Crippen molar-refractivity contribution in [1.29, 1.82) is 0 Å². The summed E-state index contributed by atoms with van der Waals surface area (Å²) in [4.78, 5) is 12.8. The van der Waals surface area contributed by atoms with Crippen molar-refractivity contribution in [2.45, 2.75) is 53.1 Å². The lowest BCUT2D eigenvalue weighted by Crippen LogP contribution is -2.35. The van der Waals surface area contributed by atoms with E-state index in [-0.39, 0.29) is 22.5 Å². The Kier molecular flexibility index (Phi) is 3.75. The van der Waals surface area contributed by atoms with Crippen molar-refractivity contribution in [2.24, 2.45) is 16.7 Å². The number of Topliss-reactive ketones (excluding diaryl/α,β-unsaturated/α-hetero) is 1. The van der Waals surface area contributed by atoms with Crippen LogP contribution in [0.15, 0.2) is 0 Å². The largest absolute Gasteiger partial charge is 0.341 e. The maximum absolute atomic E-state index is 13.0. The molecule has 2 bridgehead atoms. The van der Waals surface area contributed by atoms with Crippen molar-refractivity contribution in [3.8, 4) is 0 Å². The lowest BCUT2D eigenvalue weighted by molar-refractivity contribution is -0.128. The van der Waals surface area contributed by atoms with Crippen LogP contribution in [-0.2, 0) is 18.4 Å². The monoisotopic (exact) mass is 288 g/mol. The van der Waals surface area contributed by atoms with Crippen LogP contribution >= 0.6 is 7.60 Å². The van der Waals surface area contributed by atoms with Gasteiger partial charge in [-0.3, -0.25) is 9.36 Å². The predicted molar refractivity (Wildman–Crippen MR) is 74.3 cm³/mol. The Morgan fingerprint density at radius 3 is 2.11 bits per heavy atom. The summed E-state index contributed by atoms with van der Waals surface area (Å²) in [6, 6.07) is 0. The van der Waals surface area contributed by atoms with Crippen LogP contribution in [0.25, 0.3) is 0 Å². The summed E-state index contributed by atoms with van der Waals surface area (Å²) in [5.41, 5.74) is -1.08. The molecule has 0 aromatic heterocycles. The zero-order valence-corrected chi connectivity index (χ0v) is 13.5. The fourth-order valence-corrected chi connectivity index (χ4v) is 6.61. The Morgan fingerprint density at radius 1 is 1.21 bits per heavy atom. The fourth-order valence-electron chi connectivity index (χ4n) is 3.96. The minimum Gasteiger partial charge on any atom is -0.308 e. The van der Waals surface area contributed by atoms with Gasteiger partial charge in [-0.1, -0.05) is 20.8 Å². The first-order valence-electron chi connectivity index (χ1n) is 7.17.